The molecule has 3 nitrogen and oxygen atoms in total. The Morgan fingerprint density at radius 2 is 1.83 bits per heavy atom. The van der Waals surface area contributed by atoms with Crippen molar-refractivity contribution in [3.05, 3.63) is 35.4 Å². The number of amides is 1. The minimum atomic E-state index is 0.0569. The molecule has 0 saturated carbocycles. The first-order valence-electron chi connectivity index (χ1n) is 3.72. The first-order valence-corrected chi connectivity index (χ1v) is 3.72. The zero-order valence-corrected chi connectivity index (χ0v) is 6.66. The van der Waals surface area contributed by atoms with Crippen molar-refractivity contribution in [2.75, 3.05) is 0 Å². The highest BCUT2D eigenvalue weighted by Gasteiger charge is 1.91. The van der Waals surface area contributed by atoms with E-state index in [1.165, 1.54) is 0 Å². The van der Waals surface area contributed by atoms with E-state index < -0.39 is 0 Å². The highest BCUT2D eigenvalue weighted by atomic mass is 16.3. The predicted octanol–water partition coefficient (Wildman–Crippen LogP) is 0.425. The van der Waals surface area contributed by atoms with Gasteiger partial charge in [-0.3, -0.25) is 4.79 Å². The molecule has 2 N–H and O–H groups in total. The zero-order valence-electron chi connectivity index (χ0n) is 6.66. The fourth-order valence-corrected chi connectivity index (χ4v) is 0.922. The molecular formula is C9H11NO2. The van der Waals surface area contributed by atoms with Crippen LogP contribution >= 0.6 is 0 Å². The van der Waals surface area contributed by atoms with Gasteiger partial charge in [-0.05, 0) is 11.1 Å². The number of carbonyl (C=O) groups is 1. The number of nitrogens with one attached hydrogen (secondary N) is 1. The summed E-state index contributed by atoms with van der Waals surface area (Å²) in [6.45, 7) is 0.594. The average molecular weight is 165 g/mol. The standard InChI is InChI=1S/C9H11NO2/c11-6-9-3-1-8(2-4-9)5-10-7-12/h1-4,7,11H,5-6H2,(H,10,12). The van der Waals surface area contributed by atoms with Crippen molar-refractivity contribution in [1.29, 1.82) is 0 Å². The summed E-state index contributed by atoms with van der Waals surface area (Å²) in [5, 5.41) is 11.3. The number of carbonyl (C=O) groups excluding carboxylic acids is 1. The van der Waals surface area contributed by atoms with Crippen LogP contribution in [0.4, 0.5) is 0 Å². The molecular weight excluding hydrogens is 154 g/mol. The molecule has 0 bridgehead atoms. The first-order chi connectivity index (χ1) is 5.86. The summed E-state index contributed by atoms with van der Waals surface area (Å²) in [5.74, 6) is 0. The summed E-state index contributed by atoms with van der Waals surface area (Å²) in [6, 6.07) is 7.42. The third-order valence-corrected chi connectivity index (χ3v) is 1.60. The lowest BCUT2D eigenvalue weighted by atomic mass is 10.1. The van der Waals surface area contributed by atoms with Crippen molar-refractivity contribution < 1.29 is 9.90 Å². The van der Waals surface area contributed by atoms with Gasteiger partial charge in [-0.15, -0.1) is 0 Å². The first kappa shape index (κ1) is 8.74. The second-order valence-corrected chi connectivity index (χ2v) is 2.47. The molecule has 64 valence electrons. The molecule has 1 amide bonds. The van der Waals surface area contributed by atoms with Crippen LogP contribution in [0.1, 0.15) is 11.1 Å². The second-order valence-electron chi connectivity index (χ2n) is 2.47. The number of aliphatic hydroxyl groups excluding tert-OH is 1. The smallest absolute Gasteiger partial charge is 0.207 e. The Bertz CT molecular complexity index is 243. The maximum absolute atomic E-state index is 9.95. The van der Waals surface area contributed by atoms with Crippen molar-refractivity contribution in [2.24, 2.45) is 0 Å². The Morgan fingerprint density at radius 1 is 1.25 bits per heavy atom. The maximum atomic E-state index is 9.95. The van der Waals surface area contributed by atoms with Gasteiger partial charge < -0.3 is 10.4 Å². The summed E-state index contributed by atoms with van der Waals surface area (Å²) in [6.07, 6.45) is 0.667. The molecule has 0 atom stereocenters. The van der Waals surface area contributed by atoms with Crippen molar-refractivity contribution in [3.8, 4) is 0 Å². The van der Waals surface area contributed by atoms with E-state index in [0.29, 0.717) is 13.0 Å². The van der Waals surface area contributed by atoms with Crippen molar-refractivity contribution in [1.82, 2.24) is 5.32 Å². The van der Waals surface area contributed by atoms with Gasteiger partial charge in [0.1, 0.15) is 0 Å². The molecule has 0 radical (unpaired) electrons. The normalized spacial score (nSPS) is 9.42. The lowest BCUT2D eigenvalue weighted by molar-refractivity contribution is -0.109. The number of aliphatic hydroxyl groups is 1. The maximum Gasteiger partial charge on any atom is 0.207 e. The van der Waals surface area contributed by atoms with E-state index in [4.69, 9.17) is 5.11 Å². The zero-order chi connectivity index (χ0) is 8.81. The van der Waals surface area contributed by atoms with Crippen molar-refractivity contribution >= 4 is 6.41 Å². The van der Waals surface area contributed by atoms with Crippen LogP contribution in [0.15, 0.2) is 24.3 Å². The van der Waals surface area contributed by atoms with Gasteiger partial charge in [-0.25, -0.2) is 0 Å². The Kier molecular flexibility index (Phi) is 3.29. The molecule has 3 heteroatoms. The minimum Gasteiger partial charge on any atom is -0.392 e. The molecule has 1 aromatic carbocycles. The highest BCUT2D eigenvalue weighted by molar-refractivity contribution is 5.46. The van der Waals surface area contributed by atoms with Crippen LogP contribution in [0.2, 0.25) is 0 Å². The van der Waals surface area contributed by atoms with E-state index in [0.717, 1.165) is 11.1 Å². The molecule has 0 aliphatic heterocycles. The monoisotopic (exact) mass is 165 g/mol. The van der Waals surface area contributed by atoms with E-state index >= 15 is 0 Å². The summed E-state index contributed by atoms with van der Waals surface area (Å²) in [4.78, 5) is 9.95. The van der Waals surface area contributed by atoms with Gasteiger partial charge in [0.05, 0.1) is 6.61 Å². The van der Waals surface area contributed by atoms with Crippen LogP contribution in [0.25, 0.3) is 0 Å². The summed E-state index contributed by atoms with van der Waals surface area (Å²) >= 11 is 0. The third kappa shape index (κ3) is 2.36. The lowest BCUT2D eigenvalue weighted by Crippen LogP contribution is -2.09. The Labute approximate surface area is 71.0 Å². The van der Waals surface area contributed by atoms with E-state index in [-0.39, 0.29) is 6.61 Å². The van der Waals surface area contributed by atoms with Gasteiger partial charge in [0.2, 0.25) is 6.41 Å². The topological polar surface area (TPSA) is 49.3 Å². The van der Waals surface area contributed by atoms with Crippen molar-refractivity contribution in [3.63, 3.8) is 0 Å². The van der Waals surface area contributed by atoms with Gasteiger partial charge in [0.15, 0.2) is 0 Å². The van der Waals surface area contributed by atoms with Gasteiger partial charge in [-0.1, -0.05) is 24.3 Å². The molecule has 0 spiro atoms. The number of hydrogen-bond donors (Lipinski definition) is 2. The molecule has 1 rings (SSSR count). The van der Waals surface area contributed by atoms with Gasteiger partial charge >= 0.3 is 0 Å². The minimum absolute atomic E-state index is 0.0569. The summed E-state index contributed by atoms with van der Waals surface area (Å²) < 4.78 is 0. The fraction of sp³-hybridized carbons (Fsp3) is 0.222. The van der Waals surface area contributed by atoms with Crippen LogP contribution in [0.3, 0.4) is 0 Å². The molecule has 0 aliphatic rings. The quantitative estimate of drug-likeness (QED) is 0.635. The van der Waals surface area contributed by atoms with Gasteiger partial charge in [-0.2, -0.15) is 0 Å². The number of rotatable bonds is 4. The molecule has 0 aliphatic carbocycles. The third-order valence-electron chi connectivity index (χ3n) is 1.60. The van der Waals surface area contributed by atoms with Gasteiger partial charge in [0, 0.05) is 6.54 Å². The molecule has 0 saturated heterocycles. The summed E-state index contributed by atoms with van der Waals surface area (Å²) in [7, 11) is 0. The van der Waals surface area contributed by atoms with Gasteiger partial charge in [0.25, 0.3) is 0 Å². The van der Waals surface area contributed by atoms with Crippen LogP contribution in [-0.2, 0) is 17.9 Å². The molecule has 12 heavy (non-hydrogen) atoms. The number of hydrogen-bond acceptors (Lipinski definition) is 2. The molecule has 1 aromatic rings. The van der Waals surface area contributed by atoms with Crippen LogP contribution in [-0.4, -0.2) is 11.5 Å². The molecule has 0 unspecified atom stereocenters. The molecule has 0 aromatic heterocycles. The second kappa shape index (κ2) is 4.51. The average Bonchev–Trinajstić information content (AvgIpc) is 2.15. The van der Waals surface area contributed by atoms with E-state index in [1.807, 2.05) is 24.3 Å². The number of benzene rings is 1. The fourth-order valence-electron chi connectivity index (χ4n) is 0.922. The van der Waals surface area contributed by atoms with Crippen LogP contribution < -0.4 is 5.32 Å². The van der Waals surface area contributed by atoms with Crippen molar-refractivity contribution in [2.45, 2.75) is 13.2 Å². The lowest BCUT2D eigenvalue weighted by Gasteiger charge is -2.00. The SMILES string of the molecule is O=CNCc1ccc(CO)cc1. The Balaban J connectivity index is 2.58. The highest BCUT2D eigenvalue weighted by Crippen LogP contribution is 2.03. The van der Waals surface area contributed by atoms with E-state index in [1.54, 1.807) is 0 Å². The Hall–Kier alpha value is -1.35. The molecule has 0 fully saturated rings. The Morgan fingerprint density at radius 3 is 2.33 bits per heavy atom. The summed E-state index contributed by atoms with van der Waals surface area (Å²) in [5.41, 5.74) is 1.91. The predicted molar refractivity (Wildman–Crippen MR) is 45.3 cm³/mol. The largest absolute Gasteiger partial charge is 0.392 e. The molecule has 0 heterocycles. The van der Waals surface area contributed by atoms with E-state index in [9.17, 15) is 4.79 Å². The van der Waals surface area contributed by atoms with Crippen LogP contribution in [0, 0.1) is 0 Å². The van der Waals surface area contributed by atoms with Crippen LogP contribution in [0.5, 0.6) is 0 Å². The van der Waals surface area contributed by atoms with E-state index in [2.05, 4.69) is 5.32 Å².